The normalized spacial score (nSPS) is 10.4. The first kappa shape index (κ1) is 11.6. The van der Waals surface area contributed by atoms with Crippen LogP contribution in [0, 0.1) is 0 Å². The Kier molecular flexibility index (Phi) is 3.98. The Bertz CT molecular complexity index is 468. The largest absolute Gasteiger partial charge is 0.488 e. The fourth-order valence-electron chi connectivity index (χ4n) is 1.35. The molecule has 4 heteroatoms. The summed E-state index contributed by atoms with van der Waals surface area (Å²) in [5.74, 6) is 0.745. The smallest absolute Gasteiger partial charge is 0.125 e. The van der Waals surface area contributed by atoms with Crippen molar-refractivity contribution < 1.29 is 9.84 Å². The molecule has 0 spiro atoms. The van der Waals surface area contributed by atoms with Crippen molar-refractivity contribution in [2.24, 2.45) is 0 Å². The van der Waals surface area contributed by atoms with Crippen molar-refractivity contribution in [2.45, 2.75) is 13.2 Å². The third-order valence-corrected chi connectivity index (χ3v) is 3.81. The van der Waals surface area contributed by atoms with Gasteiger partial charge in [0.2, 0.25) is 0 Å². The third kappa shape index (κ3) is 2.84. The molecule has 0 unspecified atom stereocenters. The number of thiophene rings is 1. The zero-order valence-electron chi connectivity index (χ0n) is 8.52. The highest BCUT2D eigenvalue weighted by molar-refractivity contribution is 9.10. The van der Waals surface area contributed by atoms with E-state index in [9.17, 15) is 0 Å². The molecule has 2 nitrogen and oxygen atoms in total. The maximum atomic E-state index is 9.13. The van der Waals surface area contributed by atoms with Gasteiger partial charge in [0.05, 0.1) is 6.61 Å². The second kappa shape index (κ2) is 5.48. The van der Waals surface area contributed by atoms with Crippen molar-refractivity contribution in [1.29, 1.82) is 0 Å². The van der Waals surface area contributed by atoms with E-state index >= 15 is 0 Å². The van der Waals surface area contributed by atoms with Crippen LogP contribution >= 0.6 is 27.3 Å². The minimum absolute atomic E-state index is 0.00427. The van der Waals surface area contributed by atoms with Gasteiger partial charge in [-0.2, -0.15) is 0 Å². The predicted octanol–water partition coefficient (Wildman–Crippen LogP) is 3.58. The SMILES string of the molecule is OCc1ccccc1OCc1cc(Br)cs1. The van der Waals surface area contributed by atoms with Crippen LogP contribution in [0.25, 0.3) is 0 Å². The van der Waals surface area contributed by atoms with Crippen LogP contribution in [0.15, 0.2) is 40.2 Å². The average Bonchev–Trinajstić information content (AvgIpc) is 2.73. The lowest BCUT2D eigenvalue weighted by Crippen LogP contribution is -1.96. The molecule has 1 aromatic heterocycles. The van der Waals surface area contributed by atoms with Gasteiger partial charge in [-0.05, 0) is 28.1 Å². The van der Waals surface area contributed by atoms with Gasteiger partial charge in [-0.1, -0.05) is 18.2 Å². The molecule has 16 heavy (non-hydrogen) atoms. The Morgan fingerprint density at radius 2 is 2.12 bits per heavy atom. The molecule has 1 aromatic carbocycles. The van der Waals surface area contributed by atoms with Crippen LogP contribution in [0.4, 0.5) is 0 Å². The van der Waals surface area contributed by atoms with E-state index in [0.717, 1.165) is 20.7 Å². The lowest BCUT2D eigenvalue weighted by molar-refractivity contribution is 0.260. The van der Waals surface area contributed by atoms with E-state index in [4.69, 9.17) is 9.84 Å². The maximum absolute atomic E-state index is 9.13. The van der Waals surface area contributed by atoms with E-state index in [2.05, 4.69) is 15.9 Å². The van der Waals surface area contributed by atoms with E-state index in [1.54, 1.807) is 11.3 Å². The molecule has 1 heterocycles. The number of ether oxygens (including phenoxy) is 1. The quantitative estimate of drug-likeness (QED) is 0.935. The van der Waals surface area contributed by atoms with Gasteiger partial charge in [0.25, 0.3) is 0 Å². The van der Waals surface area contributed by atoms with Crippen molar-refractivity contribution >= 4 is 27.3 Å². The Hall–Kier alpha value is -0.840. The van der Waals surface area contributed by atoms with Crippen LogP contribution in [-0.4, -0.2) is 5.11 Å². The summed E-state index contributed by atoms with van der Waals surface area (Å²) >= 11 is 5.05. The standard InChI is InChI=1S/C12H11BrO2S/c13-10-5-11(16-8-10)7-15-12-4-2-1-3-9(12)6-14/h1-5,8,14H,6-7H2. The minimum atomic E-state index is 0.00427. The van der Waals surface area contributed by atoms with E-state index in [1.807, 2.05) is 35.7 Å². The van der Waals surface area contributed by atoms with Crippen molar-refractivity contribution in [3.63, 3.8) is 0 Å². The first-order valence-electron chi connectivity index (χ1n) is 4.84. The molecule has 0 fully saturated rings. The van der Waals surface area contributed by atoms with Crippen LogP contribution in [-0.2, 0) is 13.2 Å². The fourth-order valence-corrected chi connectivity index (χ4v) is 2.72. The van der Waals surface area contributed by atoms with E-state index < -0.39 is 0 Å². The third-order valence-electron chi connectivity index (χ3n) is 2.13. The summed E-state index contributed by atoms with van der Waals surface area (Å²) in [4.78, 5) is 1.15. The summed E-state index contributed by atoms with van der Waals surface area (Å²) in [6.45, 7) is 0.539. The van der Waals surface area contributed by atoms with Gasteiger partial charge in [-0.15, -0.1) is 11.3 Å². The molecule has 0 aliphatic rings. The number of hydrogen-bond acceptors (Lipinski definition) is 3. The van der Waals surface area contributed by atoms with Crippen LogP contribution in [0.5, 0.6) is 5.75 Å². The van der Waals surface area contributed by atoms with Crippen LogP contribution < -0.4 is 4.74 Å². The van der Waals surface area contributed by atoms with Gasteiger partial charge < -0.3 is 9.84 Å². The number of rotatable bonds is 4. The number of benzene rings is 1. The highest BCUT2D eigenvalue weighted by Gasteiger charge is 2.03. The number of aliphatic hydroxyl groups excluding tert-OH is 1. The zero-order valence-corrected chi connectivity index (χ0v) is 10.9. The Labute approximate surface area is 107 Å². The first-order valence-corrected chi connectivity index (χ1v) is 6.51. The van der Waals surface area contributed by atoms with Crippen molar-refractivity contribution in [3.05, 3.63) is 50.6 Å². The number of hydrogen-bond donors (Lipinski definition) is 1. The van der Waals surface area contributed by atoms with Gasteiger partial charge in [-0.3, -0.25) is 0 Å². The molecule has 1 N–H and O–H groups in total. The second-order valence-corrected chi connectivity index (χ2v) is 5.20. The molecule has 0 aliphatic carbocycles. The Morgan fingerprint density at radius 3 is 2.81 bits per heavy atom. The summed E-state index contributed by atoms with van der Waals surface area (Å²) < 4.78 is 6.73. The van der Waals surface area contributed by atoms with Crippen LogP contribution in [0.1, 0.15) is 10.4 Å². The maximum Gasteiger partial charge on any atom is 0.125 e. The van der Waals surface area contributed by atoms with Gasteiger partial charge in [0.1, 0.15) is 12.4 Å². The van der Waals surface area contributed by atoms with Crippen molar-refractivity contribution in [1.82, 2.24) is 0 Å². The molecule has 0 amide bonds. The number of para-hydroxylation sites is 1. The summed E-state index contributed by atoms with van der Waals surface area (Å²) in [5, 5.41) is 11.2. The Morgan fingerprint density at radius 1 is 1.31 bits per heavy atom. The van der Waals surface area contributed by atoms with E-state index in [0.29, 0.717) is 6.61 Å². The molecule has 0 aliphatic heterocycles. The molecule has 2 rings (SSSR count). The summed E-state index contributed by atoms with van der Waals surface area (Å²) in [5.41, 5.74) is 0.818. The fraction of sp³-hybridized carbons (Fsp3) is 0.167. The Balaban J connectivity index is 2.04. The molecular weight excluding hydrogens is 288 g/mol. The number of halogens is 1. The van der Waals surface area contributed by atoms with Gasteiger partial charge >= 0.3 is 0 Å². The monoisotopic (exact) mass is 298 g/mol. The molecule has 0 radical (unpaired) electrons. The zero-order chi connectivity index (χ0) is 11.4. The van der Waals surface area contributed by atoms with Crippen LogP contribution in [0.2, 0.25) is 0 Å². The average molecular weight is 299 g/mol. The summed E-state index contributed by atoms with van der Waals surface area (Å²) in [6, 6.07) is 9.55. The lowest BCUT2D eigenvalue weighted by Gasteiger charge is -2.08. The lowest BCUT2D eigenvalue weighted by atomic mass is 10.2. The minimum Gasteiger partial charge on any atom is -0.488 e. The molecular formula is C12H11BrO2S. The molecule has 0 atom stereocenters. The molecule has 0 saturated carbocycles. The second-order valence-electron chi connectivity index (χ2n) is 3.29. The van der Waals surface area contributed by atoms with Gasteiger partial charge in [0, 0.05) is 20.3 Å². The van der Waals surface area contributed by atoms with Gasteiger partial charge in [0.15, 0.2) is 0 Å². The van der Waals surface area contributed by atoms with E-state index in [1.165, 1.54) is 0 Å². The number of aliphatic hydroxyl groups is 1. The van der Waals surface area contributed by atoms with Crippen LogP contribution in [0.3, 0.4) is 0 Å². The predicted molar refractivity (Wildman–Crippen MR) is 68.7 cm³/mol. The topological polar surface area (TPSA) is 29.5 Å². The molecule has 2 aromatic rings. The summed E-state index contributed by atoms with van der Waals surface area (Å²) in [6.07, 6.45) is 0. The van der Waals surface area contributed by atoms with Crippen molar-refractivity contribution in [2.75, 3.05) is 0 Å². The van der Waals surface area contributed by atoms with E-state index in [-0.39, 0.29) is 6.61 Å². The molecule has 84 valence electrons. The summed E-state index contributed by atoms with van der Waals surface area (Å²) in [7, 11) is 0. The highest BCUT2D eigenvalue weighted by atomic mass is 79.9. The van der Waals surface area contributed by atoms with Crippen molar-refractivity contribution in [3.8, 4) is 5.75 Å². The van der Waals surface area contributed by atoms with Gasteiger partial charge in [-0.25, -0.2) is 0 Å². The molecule has 0 saturated heterocycles. The molecule has 0 bridgehead atoms. The highest BCUT2D eigenvalue weighted by Crippen LogP contribution is 2.23. The first-order chi connectivity index (χ1) is 7.79.